The van der Waals surface area contributed by atoms with E-state index in [0.29, 0.717) is 12.2 Å². The molecule has 5 N–H and O–H groups in total. The molecule has 2 unspecified atom stereocenters. The van der Waals surface area contributed by atoms with Crippen LogP contribution in [-0.2, 0) is 17.6 Å². The molecule has 0 bridgehead atoms. The second-order valence-electron chi connectivity index (χ2n) is 9.31. The molecule has 0 saturated carbocycles. The topological polar surface area (TPSA) is 120 Å². The fraction of sp³-hybridized carbons (Fsp3) is 0.276. The van der Waals surface area contributed by atoms with E-state index < -0.39 is 23.9 Å². The Hall–Kier alpha value is -3.75. The maximum atomic E-state index is 13.0. The molecule has 0 spiro atoms. The highest BCUT2D eigenvalue weighted by atomic mass is 35.5. The predicted molar refractivity (Wildman–Crippen MR) is 153 cm³/mol. The number of urea groups is 1. The van der Waals surface area contributed by atoms with Crippen LogP contribution in [0.4, 0.5) is 10.5 Å². The highest BCUT2D eigenvalue weighted by molar-refractivity contribution is 6.41. The Kier molecular flexibility index (Phi) is 9.68. The van der Waals surface area contributed by atoms with Crippen LogP contribution in [0.5, 0.6) is 0 Å². The Balaban J connectivity index is 1.32. The molecule has 0 radical (unpaired) electrons. The standard InChI is InChI=1S/C29H30Cl2N4O4/c30-21-13-15-23(32-16-6-9-18-7-2-1-3-8-18)26(31)25(21)27(36)34-24(28(37)38)17-33-29(39)35-22-14-12-19-10-4-5-11-20(19)22/h1-5,7-8,10-11,13,15,22,24,32H,6,9,12,14,16-17H2,(H,34,36)(H,37,38)(H2,33,35,39). The highest BCUT2D eigenvalue weighted by Crippen LogP contribution is 2.32. The van der Waals surface area contributed by atoms with E-state index in [9.17, 15) is 19.5 Å². The lowest BCUT2D eigenvalue weighted by Crippen LogP contribution is -2.50. The first-order valence-corrected chi connectivity index (χ1v) is 13.5. The molecule has 10 heteroatoms. The van der Waals surface area contributed by atoms with Crippen LogP contribution in [0, 0.1) is 0 Å². The molecule has 0 aromatic heterocycles. The third-order valence-electron chi connectivity index (χ3n) is 6.63. The molecule has 1 aliphatic rings. The number of amides is 3. The molecule has 1 aliphatic carbocycles. The van der Waals surface area contributed by atoms with Gasteiger partial charge in [-0.3, -0.25) is 4.79 Å². The Morgan fingerprint density at radius 3 is 2.49 bits per heavy atom. The minimum Gasteiger partial charge on any atom is -0.480 e. The van der Waals surface area contributed by atoms with Crippen molar-refractivity contribution < 1.29 is 19.5 Å². The molecular formula is C29H30Cl2N4O4. The van der Waals surface area contributed by atoms with Gasteiger partial charge in [-0.2, -0.15) is 0 Å². The van der Waals surface area contributed by atoms with Crippen LogP contribution in [0.3, 0.4) is 0 Å². The summed E-state index contributed by atoms with van der Waals surface area (Å²) in [4.78, 5) is 37.4. The Morgan fingerprint density at radius 2 is 1.72 bits per heavy atom. The van der Waals surface area contributed by atoms with Crippen molar-refractivity contribution in [3.63, 3.8) is 0 Å². The fourth-order valence-electron chi connectivity index (χ4n) is 4.60. The van der Waals surface area contributed by atoms with Crippen molar-refractivity contribution in [2.24, 2.45) is 0 Å². The van der Waals surface area contributed by atoms with E-state index >= 15 is 0 Å². The SMILES string of the molecule is O=C(NCC(NC(=O)c1c(Cl)ccc(NCCCc2ccccc2)c1Cl)C(=O)O)NC1CCc2ccccc21. The normalized spacial score (nSPS) is 14.7. The van der Waals surface area contributed by atoms with E-state index in [1.807, 2.05) is 42.5 Å². The number of carbonyl (C=O) groups is 3. The average molecular weight is 569 g/mol. The zero-order chi connectivity index (χ0) is 27.8. The number of carboxylic acid groups (broad SMARTS) is 1. The molecule has 39 heavy (non-hydrogen) atoms. The minimum atomic E-state index is -1.39. The molecular weight excluding hydrogens is 539 g/mol. The van der Waals surface area contributed by atoms with Gasteiger partial charge in [0, 0.05) is 6.54 Å². The highest BCUT2D eigenvalue weighted by Gasteiger charge is 2.27. The summed E-state index contributed by atoms with van der Waals surface area (Å²) < 4.78 is 0. The summed E-state index contributed by atoms with van der Waals surface area (Å²) in [6.07, 6.45) is 3.34. The third kappa shape index (κ3) is 7.43. The molecule has 0 saturated heterocycles. The summed E-state index contributed by atoms with van der Waals surface area (Å²) in [6, 6.07) is 19.1. The molecule has 3 aromatic rings. The smallest absolute Gasteiger partial charge is 0.328 e. The van der Waals surface area contributed by atoms with E-state index in [4.69, 9.17) is 23.2 Å². The van der Waals surface area contributed by atoms with Crippen LogP contribution in [-0.4, -0.2) is 42.1 Å². The van der Waals surface area contributed by atoms with Gasteiger partial charge in [0.1, 0.15) is 6.04 Å². The number of hydrogen-bond acceptors (Lipinski definition) is 4. The molecule has 3 aromatic carbocycles. The van der Waals surface area contributed by atoms with Crippen molar-refractivity contribution >= 4 is 46.8 Å². The summed E-state index contributed by atoms with van der Waals surface area (Å²) in [5.74, 6) is -2.06. The molecule has 8 nitrogen and oxygen atoms in total. The van der Waals surface area contributed by atoms with Crippen LogP contribution in [0.25, 0.3) is 0 Å². The monoisotopic (exact) mass is 568 g/mol. The van der Waals surface area contributed by atoms with E-state index in [-0.39, 0.29) is 28.2 Å². The first kappa shape index (κ1) is 28.3. The van der Waals surface area contributed by atoms with Crippen LogP contribution >= 0.6 is 23.2 Å². The number of nitrogens with one attached hydrogen (secondary N) is 4. The van der Waals surface area contributed by atoms with Gasteiger partial charge in [-0.05, 0) is 54.5 Å². The fourth-order valence-corrected chi connectivity index (χ4v) is 5.21. The van der Waals surface area contributed by atoms with Crippen LogP contribution in [0.1, 0.15) is 45.9 Å². The van der Waals surface area contributed by atoms with Crippen LogP contribution < -0.4 is 21.3 Å². The lowest BCUT2D eigenvalue weighted by Gasteiger charge is -2.19. The predicted octanol–water partition coefficient (Wildman–Crippen LogP) is 5.21. The van der Waals surface area contributed by atoms with Gasteiger partial charge in [-0.25, -0.2) is 9.59 Å². The summed E-state index contributed by atoms with van der Waals surface area (Å²) in [7, 11) is 0. The van der Waals surface area contributed by atoms with E-state index in [1.54, 1.807) is 6.07 Å². The Morgan fingerprint density at radius 1 is 0.974 bits per heavy atom. The second kappa shape index (κ2) is 13.4. The van der Waals surface area contributed by atoms with Gasteiger partial charge in [0.2, 0.25) is 0 Å². The second-order valence-corrected chi connectivity index (χ2v) is 10.1. The Bertz CT molecular complexity index is 1340. The number of aryl methyl sites for hydroxylation is 2. The quantitative estimate of drug-likeness (QED) is 0.203. The van der Waals surface area contributed by atoms with Crippen molar-refractivity contribution in [1.29, 1.82) is 0 Å². The van der Waals surface area contributed by atoms with E-state index in [1.165, 1.54) is 17.2 Å². The number of anilines is 1. The molecule has 0 fully saturated rings. The number of carboxylic acids is 1. The zero-order valence-corrected chi connectivity index (χ0v) is 22.7. The van der Waals surface area contributed by atoms with Gasteiger partial charge < -0.3 is 26.4 Å². The number of hydrogen-bond donors (Lipinski definition) is 5. The van der Waals surface area contributed by atoms with Crippen LogP contribution in [0.15, 0.2) is 66.7 Å². The summed E-state index contributed by atoms with van der Waals surface area (Å²) in [5, 5.41) is 20.9. The number of aliphatic carboxylic acids is 1. The lowest BCUT2D eigenvalue weighted by atomic mass is 10.1. The van der Waals surface area contributed by atoms with Crippen molar-refractivity contribution in [1.82, 2.24) is 16.0 Å². The first-order valence-electron chi connectivity index (χ1n) is 12.7. The number of fused-ring (bicyclic) bond motifs is 1. The summed E-state index contributed by atoms with van der Waals surface area (Å²) >= 11 is 12.8. The lowest BCUT2D eigenvalue weighted by molar-refractivity contribution is -0.139. The van der Waals surface area contributed by atoms with Gasteiger partial charge in [-0.1, -0.05) is 77.8 Å². The summed E-state index contributed by atoms with van der Waals surface area (Å²) in [6.45, 7) is 0.285. The number of rotatable bonds is 11. The number of halogens is 2. The van der Waals surface area contributed by atoms with Gasteiger partial charge >= 0.3 is 12.0 Å². The van der Waals surface area contributed by atoms with Crippen molar-refractivity contribution in [3.8, 4) is 0 Å². The van der Waals surface area contributed by atoms with Gasteiger partial charge in [-0.15, -0.1) is 0 Å². The van der Waals surface area contributed by atoms with E-state index in [0.717, 1.165) is 31.2 Å². The van der Waals surface area contributed by atoms with Crippen LogP contribution in [0.2, 0.25) is 10.0 Å². The molecule has 4 rings (SSSR count). The molecule has 0 heterocycles. The van der Waals surface area contributed by atoms with Crippen molar-refractivity contribution in [2.75, 3.05) is 18.4 Å². The van der Waals surface area contributed by atoms with Crippen molar-refractivity contribution in [2.45, 2.75) is 37.8 Å². The van der Waals surface area contributed by atoms with Gasteiger partial charge in [0.15, 0.2) is 0 Å². The molecule has 2 atom stereocenters. The molecule has 3 amide bonds. The summed E-state index contributed by atoms with van der Waals surface area (Å²) in [5.41, 5.74) is 3.93. The first-order chi connectivity index (χ1) is 18.8. The number of carbonyl (C=O) groups excluding carboxylic acids is 2. The molecule has 0 aliphatic heterocycles. The van der Waals surface area contributed by atoms with Gasteiger partial charge in [0.25, 0.3) is 5.91 Å². The Labute approximate surface area is 237 Å². The van der Waals surface area contributed by atoms with E-state index in [2.05, 4.69) is 33.4 Å². The molecule has 204 valence electrons. The number of benzene rings is 3. The minimum absolute atomic E-state index is 0.0374. The average Bonchev–Trinajstić information content (AvgIpc) is 3.33. The zero-order valence-electron chi connectivity index (χ0n) is 21.2. The maximum absolute atomic E-state index is 13.0. The van der Waals surface area contributed by atoms with Gasteiger partial charge in [0.05, 0.1) is 33.9 Å². The maximum Gasteiger partial charge on any atom is 0.328 e. The van der Waals surface area contributed by atoms with Crippen molar-refractivity contribution in [3.05, 3.63) is 99.0 Å². The largest absolute Gasteiger partial charge is 0.480 e. The third-order valence-corrected chi connectivity index (χ3v) is 7.33.